The van der Waals surface area contributed by atoms with E-state index in [2.05, 4.69) is 41.5 Å². The summed E-state index contributed by atoms with van der Waals surface area (Å²) in [5.41, 5.74) is 2.35. The van der Waals surface area contributed by atoms with E-state index in [4.69, 9.17) is 12.2 Å². The Hall–Kier alpha value is -2.13. The molecule has 0 saturated carbocycles. The van der Waals surface area contributed by atoms with Gasteiger partial charge in [0, 0.05) is 6.54 Å². The predicted octanol–water partition coefficient (Wildman–Crippen LogP) is 3.58. The van der Waals surface area contributed by atoms with Gasteiger partial charge in [-0.05, 0) is 23.3 Å². The zero-order valence-corrected chi connectivity index (χ0v) is 12.1. The van der Waals surface area contributed by atoms with Crippen LogP contribution in [0.1, 0.15) is 17.2 Å². The molecule has 0 aliphatic carbocycles. The lowest BCUT2D eigenvalue weighted by molar-refractivity contribution is 0.759. The Kier molecular flexibility index (Phi) is 5.33. The van der Waals surface area contributed by atoms with Gasteiger partial charge in [-0.3, -0.25) is 0 Å². The fraction of sp³-hybridized carbons (Fsp3) is 0.118. The Morgan fingerprint density at radius 2 is 1.65 bits per heavy atom. The average molecular weight is 282 g/mol. The van der Waals surface area contributed by atoms with E-state index in [9.17, 15) is 0 Å². The van der Waals surface area contributed by atoms with Crippen LogP contribution in [0.5, 0.6) is 0 Å². The highest BCUT2D eigenvalue weighted by Crippen LogP contribution is 2.12. The van der Waals surface area contributed by atoms with Crippen LogP contribution in [-0.2, 0) is 6.54 Å². The Morgan fingerprint density at radius 1 is 1.05 bits per heavy atom. The van der Waals surface area contributed by atoms with Crippen molar-refractivity contribution in [3.8, 4) is 0 Å². The van der Waals surface area contributed by atoms with Crippen LogP contribution < -0.4 is 10.6 Å². The molecule has 0 aliphatic rings. The predicted molar refractivity (Wildman–Crippen MR) is 88.4 cm³/mol. The summed E-state index contributed by atoms with van der Waals surface area (Å²) in [5.74, 6) is 0. The molecule has 0 aliphatic heterocycles. The normalized spacial score (nSPS) is 11.4. The highest BCUT2D eigenvalue weighted by atomic mass is 32.1. The van der Waals surface area contributed by atoms with Crippen molar-refractivity contribution in [3.63, 3.8) is 0 Å². The fourth-order valence-corrected chi connectivity index (χ4v) is 2.11. The molecule has 3 heteroatoms. The van der Waals surface area contributed by atoms with Gasteiger partial charge in [-0.15, -0.1) is 6.58 Å². The van der Waals surface area contributed by atoms with E-state index in [1.54, 1.807) is 0 Å². The molecule has 1 unspecified atom stereocenters. The fourth-order valence-electron chi connectivity index (χ4n) is 1.91. The van der Waals surface area contributed by atoms with E-state index in [0.29, 0.717) is 11.7 Å². The maximum Gasteiger partial charge on any atom is 0.167 e. The van der Waals surface area contributed by atoms with Gasteiger partial charge < -0.3 is 10.6 Å². The van der Waals surface area contributed by atoms with Crippen LogP contribution >= 0.6 is 12.2 Å². The quantitative estimate of drug-likeness (QED) is 0.647. The van der Waals surface area contributed by atoms with Crippen LogP contribution in [0, 0.1) is 0 Å². The number of nitrogens with one attached hydrogen (secondary N) is 2. The van der Waals surface area contributed by atoms with E-state index in [1.807, 2.05) is 42.5 Å². The van der Waals surface area contributed by atoms with Gasteiger partial charge in [0.2, 0.25) is 0 Å². The smallest absolute Gasteiger partial charge is 0.167 e. The minimum absolute atomic E-state index is 0.0203. The van der Waals surface area contributed by atoms with Crippen LogP contribution in [0.15, 0.2) is 73.3 Å². The summed E-state index contributed by atoms with van der Waals surface area (Å²) in [6, 6.07) is 20.3. The molecular formula is C17H18N2S. The molecule has 0 fully saturated rings. The maximum absolute atomic E-state index is 5.33. The van der Waals surface area contributed by atoms with Gasteiger partial charge in [-0.25, -0.2) is 0 Å². The van der Waals surface area contributed by atoms with E-state index in [-0.39, 0.29) is 6.04 Å². The standard InChI is InChI=1S/C17H18N2S/c1-2-16(15-11-7-4-8-12-15)19-17(20)18-13-14-9-5-3-6-10-14/h2-12,16H,1,13H2,(H2,18,19,20). The molecule has 0 saturated heterocycles. The van der Waals surface area contributed by atoms with Crippen LogP contribution in [-0.4, -0.2) is 5.11 Å². The third-order valence-corrected chi connectivity index (χ3v) is 3.24. The average Bonchev–Trinajstić information content (AvgIpc) is 2.52. The van der Waals surface area contributed by atoms with Crippen molar-refractivity contribution in [1.29, 1.82) is 0 Å². The van der Waals surface area contributed by atoms with Crippen LogP contribution in [0.2, 0.25) is 0 Å². The van der Waals surface area contributed by atoms with Gasteiger partial charge in [0.05, 0.1) is 6.04 Å². The van der Waals surface area contributed by atoms with Gasteiger partial charge in [-0.2, -0.15) is 0 Å². The van der Waals surface area contributed by atoms with Crippen molar-refractivity contribution in [2.45, 2.75) is 12.6 Å². The number of thiocarbonyl (C=S) groups is 1. The summed E-state index contributed by atoms with van der Waals surface area (Å²) in [6.45, 7) is 4.57. The van der Waals surface area contributed by atoms with E-state index < -0.39 is 0 Å². The molecule has 0 heterocycles. The summed E-state index contributed by atoms with van der Waals surface area (Å²) in [7, 11) is 0. The lowest BCUT2D eigenvalue weighted by Gasteiger charge is -2.18. The Labute approximate surface area is 125 Å². The molecule has 0 amide bonds. The van der Waals surface area contributed by atoms with Crippen LogP contribution in [0.25, 0.3) is 0 Å². The second-order valence-electron chi connectivity index (χ2n) is 4.44. The molecule has 1 atom stereocenters. The zero-order chi connectivity index (χ0) is 14.2. The molecule has 0 spiro atoms. The molecule has 2 aromatic rings. The Morgan fingerprint density at radius 3 is 2.25 bits per heavy atom. The second kappa shape index (κ2) is 7.46. The molecule has 0 bridgehead atoms. The Balaban J connectivity index is 1.88. The second-order valence-corrected chi connectivity index (χ2v) is 4.84. The highest BCUT2D eigenvalue weighted by Gasteiger charge is 2.07. The van der Waals surface area contributed by atoms with Crippen molar-refractivity contribution in [3.05, 3.63) is 84.4 Å². The lowest BCUT2D eigenvalue weighted by Crippen LogP contribution is -2.36. The van der Waals surface area contributed by atoms with Gasteiger partial charge in [0.25, 0.3) is 0 Å². The molecule has 2 aromatic carbocycles. The number of hydrogen-bond acceptors (Lipinski definition) is 1. The zero-order valence-electron chi connectivity index (χ0n) is 11.3. The molecular weight excluding hydrogens is 264 g/mol. The first-order valence-corrected chi connectivity index (χ1v) is 6.96. The minimum atomic E-state index is 0.0203. The van der Waals surface area contributed by atoms with Gasteiger partial charge >= 0.3 is 0 Å². The van der Waals surface area contributed by atoms with E-state index in [0.717, 1.165) is 5.56 Å². The maximum atomic E-state index is 5.33. The van der Waals surface area contributed by atoms with Gasteiger partial charge in [-0.1, -0.05) is 66.7 Å². The molecule has 2 N–H and O–H groups in total. The van der Waals surface area contributed by atoms with Gasteiger partial charge in [0.15, 0.2) is 5.11 Å². The van der Waals surface area contributed by atoms with E-state index >= 15 is 0 Å². The third-order valence-electron chi connectivity index (χ3n) is 2.98. The largest absolute Gasteiger partial charge is 0.359 e. The summed E-state index contributed by atoms with van der Waals surface area (Å²) >= 11 is 5.33. The minimum Gasteiger partial charge on any atom is -0.359 e. The number of rotatable bonds is 5. The molecule has 0 aromatic heterocycles. The third kappa shape index (κ3) is 4.21. The van der Waals surface area contributed by atoms with Gasteiger partial charge in [0.1, 0.15) is 0 Å². The van der Waals surface area contributed by atoms with E-state index in [1.165, 1.54) is 5.56 Å². The summed E-state index contributed by atoms with van der Waals surface area (Å²) < 4.78 is 0. The summed E-state index contributed by atoms with van der Waals surface area (Å²) in [4.78, 5) is 0. The molecule has 20 heavy (non-hydrogen) atoms. The molecule has 102 valence electrons. The van der Waals surface area contributed by atoms with Crippen LogP contribution in [0.3, 0.4) is 0 Å². The SMILES string of the molecule is C=CC(NC(=S)NCc1ccccc1)c1ccccc1. The molecule has 2 nitrogen and oxygen atoms in total. The lowest BCUT2D eigenvalue weighted by atomic mass is 10.1. The number of benzene rings is 2. The summed E-state index contributed by atoms with van der Waals surface area (Å²) in [6.07, 6.45) is 1.85. The van der Waals surface area contributed by atoms with Crippen molar-refractivity contribution in [2.75, 3.05) is 0 Å². The van der Waals surface area contributed by atoms with Crippen molar-refractivity contribution in [1.82, 2.24) is 10.6 Å². The van der Waals surface area contributed by atoms with Crippen molar-refractivity contribution >= 4 is 17.3 Å². The first-order chi connectivity index (χ1) is 9.79. The first kappa shape index (κ1) is 14.3. The topological polar surface area (TPSA) is 24.1 Å². The van der Waals surface area contributed by atoms with Crippen molar-refractivity contribution in [2.24, 2.45) is 0 Å². The van der Waals surface area contributed by atoms with Crippen molar-refractivity contribution < 1.29 is 0 Å². The number of hydrogen-bond donors (Lipinski definition) is 2. The monoisotopic (exact) mass is 282 g/mol. The first-order valence-electron chi connectivity index (χ1n) is 6.55. The Bertz CT molecular complexity index is 552. The summed E-state index contributed by atoms with van der Waals surface area (Å²) in [5, 5.41) is 7.09. The molecule has 0 radical (unpaired) electrons. The highest BCUT2D eigenvalue weighted by molar-refractivity contribution is 7.80. The molecule has 2 rings (SSSR count). The van der Waals surface area contributed by atoms with Crippen LogP contribution in [0.4, 0.5) is 0 Å².